The van der Waals surface area contributed by atoms with Crippen LogP contribution < -0.4 is 0 Å². The van der Waals surface area contributed by atoms with E-state index in [1.807, 2.05) is 41.5 Å². The van der Waals surface area contributed by atoms with Crippen LogP contribution in [0.25, 0.3) is 16.0 Å². The normalized spacial score (nSPS) is 12.2. The van der Waals surface area contributed by atoms with Gasteiger partial charge < -0.3 is 16.0 Å². The van der Waals surface area contributed by atoms with E-state index >= 15 is 0 Å². The minimum absolute atomic E-state index is 0. The Morgan fingerprint density at radius 3 is 1.32 bits per heavy atom. The van der Waals surface area contributed by atoms with Gasteiger partial charge >= 0.3 is 26.2 Å². The van der Waals surface area contributed by atoms with Crippen molar-refractivity contribution in [3.63, 3.8) is 0 Å². The zero-order valence-corrected chi connectivity index (χ0v) is 20.7. The van der Waals surface area contributed by atoms with E-state index in [9.17, 15) is 0 Å². The van der Waals surface area contributed by atoms with Crippen molar-refractivity contribution < 1.29 is 26.2 Å². The van der Waals surface area contributed by atoms with Crippen molar-refractivity contribution in [2.45, 2.75) is 68.2 Å². The molecular formula is C21H43N3Zr. The summed E-state index contributed by atoms with van der Waals surface area (Å²) >= 11 is 0. The maximum atomic E-state index is 3.97. The molecule has 0 aromatic carbocycles. The molecule has 0 heterocycles. The molecule has 1 atom stereocenters. The Balaban J connectivity index is -0.000000122. The second-order valence-electron chi connectivity index (χ2n) is 5.12. The Labute approximate surface area is 179 Å². The first-order chi connectivity index (χ1) is 11.6. The number of hydrogen-bond acceptors (Lipinski definition) is 0. The van der Waals surface area contributed by atoms with Crippen LogP contribution in [0.2, 0.25) is 0 Å². The summed E-state index contributed by atoms with van der Waals surface area (Å²) in [5.41, 5.74) is 1.40. The van der Waals surface area contributed by atoms with Gasteiger partial charge in [-0.2, -0.15) is 45.3 Å². The Morgan fingerprint density at radius 2 is 1.16 bits per heavy atom. The van der Waals surface area contributed by atoms with Crippen LogP contribution in [-0.4, -0.2) is 39.3 Å². The molecule has 0 bridgehead atoms. The van der Waals surface area contributed by atoms with E-state index in [1.54, 1.807) is 0 Å². The van der Waals surface area contributed by atoms with E-state index in [1.165, 1.54) is 12.0 Å². The monoisotopic (exact) mass is 427 g/mol. The molecule has 0 fully saturated rings. The fourth-order valence-corrected chi connectivity index (χ4v) is 1.65. The van der Waals surface area contributed by atoms with Gasteiger partial charge in [0.15, 0.2) is 0 Å². The van der Waals surface area contributed by atoms with Crippen molar-refractivity contribution in [3.05, 3.63) is 39.8 Å². The van der Waals surface area contributed by atoms with Crippen molar-refractivity contribution in [1.82, 2.24) is 0 Å². The van der Waals surface area contributed by atoms with Crippen LogP contribution >= 0.6 is 0 Å². The van der Waals surface area contributed by atoms with E-state index in [0.717, 1.165) is 45.7 Å². The Hall–Kier alpha value is 0.243. The first-order valence-electron chi connectivity index (χ1n) is 9.76. The molecule has 0 saturated heterocycles. The quantitative estimate of drug-likeness (QED) is 0.377. The Morgan fingerprint density at radius 1 is 0.800 bits per heavy atom. The van der Waals surface area contributed by atoms with E-state index in [-0.39, 0.29) is 26.2 Å². The summed E-state index contributed by atoms with van der Waals surface area (Å²) in [4.78, 5) is 0. The van der Waals surface area contributed by atoms with Crippen LogP contribution in [0.15, 0.2) is 17.7 Å². The van der Waals surface area contributed by atoms with Gasteiger partial charge in [0.05, 0.1) is 0 Å². The number of hydrogen-bond donors (Lipinski definition) is 0. The van der Waals surface area contributed by atoms with Crippen molar-refractivity contribution in [3.8, 4) is 0 Å². The molecule has 1 aliphatic rings. The molecule has 0 radical (unpaired) electrons. The smallest absolute Gasteiger partial charge is 0.663 e. The van der Waals surface area contributed by atoms with Gasteiger partial charge in [-0.1, -0.05) is 67.7 Å². The summed E-state index contributed by atoms with van der Waals surface area (Å²) in [6.45, 7) is 22.5. The average Bonchev–Trinajstić information content (AvgIpc) is 3.13. The second-order valence-corrected chi connectivity index (χ2v) is 5.12. The van der Waals surface area contributed by atoms with E-state index in [2.05, 4.69) is 48.0 Å². The topological polar surface area (TPSA) is 42.3 Å². The molecule has 0 N–H and O–H groups in total. The van der Waals surface area contributed by atoms with Crippen LogP contribution in [0, 0.1) is 12.0 Å². The Kier molecular flexibility index (Phi) is 42.0. The minimum Gasteiger partial charge on any atom is -0.663 e. The van der Waals surface area contributed by atoms with Gasteiger partial charge in [-0.05, 0) is 0 Å². The largest absolute Gasteiger partial charge is 4.00 e. The molecule has 1 aliphatic carbocycles. The third-order valence-corrected chi connectivity index (χ3v) is 3.21. The van der Waals surface area contributed by atoms with Gasteiger partial charge in [0.25, 0.3) is 0 Å². The minimum atomic E-state index is 0. The van der Waals surface area contributed by atoms with Crippen LogP contribution in [0.1, 0.15) is 68.2 Å². The molecule has 0 spiro atoms. The molecule has 0 saturated carbocycles. The van der Waals surface area contributed by atoms with E-state index < -0.39 is 0 Å². The van der Waals surface area contributed by atoms with Gasteiger partial charge in [0, 0.05) is 0 Å². The number of rotatable bonds is 8. The fourth-order valence-electron chi connectivity index (χ4n) is 1.65. The summed E-state index contributed by atoms with van der Waals surface area (Å²) in [7, 11) is 0. The van der Waals surface area contributed by atoms with Crippen molar-refractivity contribution in [2.24, 2.45) is 5.92 Å². The SMILES string of the molecule is CCC(C)C1=[C-]CC=C1.CC[N-]CC.CC[N-]CC.CC[N-]CC.[Zr+4]. The zero-order chi connectivity index (χ0) is 19.1. The maximum Gasteiger partial charge on any atom is 4.00 e. The summed E-state index contributed by atoms with van der Waals surface area (Å²) in [6, 6.07) is 0. The third-order valence-electron chi connectivity index (χ3n) is 3.21. The molecule has 25 heavy (non-hydrogen) atoms. The van der Waals surface area contributed by atoms with Gasteiger partial charge in [-0.25, -0.2) is 11.6 Å². The van der Waals surface area contributed by atoms with Crippen molar-refractivity contribution >= 4 is 0 Å². The molecule has 1 rings (SSSR count). The first kappa shape index (κ1) is 32.9. The summed E-state index contributed by atoms with van der Waals surface area (Å²) in [5, 5.41) is 11.9. The van der Waals surface area contributed by atoms with E-state index in [0.29, 0.717) is 5.92 Å². The van der Waals surface area contributed by atoms with Gasteiger partial charge in [0.1, 0.15) is 0 Å². The molecule has 0 amide bonds. The summed E-state index contributed by atoms with van der Waals surface area (Å²) < 4.78 is 0. The van der Waals surface area contributed by atoms with Crippen LogP contribution in [0.5, 0.6) is 0 Å². The second kappa shape index (κ2) is 32.0. The van der Waals surface area contributed by atoms with Crippen molar-refractivity contribution in [1.29, 1.82) is 0 Å². The van der Waals surface area contributed by atoms with Crippen LogP contribution in [0.3, 0.4) is 0 Å². The molecule has 0 aromatic rings. The molecule has 0 aromatic heterocycles. The predicted octanol–water partition coefficient (Wildman–Crippen LogP) is 6.92. The number of allylic oxidation sites excluding steroid dienone is 4. The first-order valence-corrected chi connectivity index (χ1v) is 9.76. The maximum absolute atomic E-state index is 3.97. The van der Waals surface area contributed by atoms with Gasteiger partial charge in [0.2, 0.25) is 0 Å². The molecule has 4 heteroatoms. The molecule has 1 unspecified atom stereocenters. The van der Waals surface area contributed by atoms with E-state index in [4.69, 9.17) is 0 Å². The average molecular weight is 429 g/mol. The fraction of sp³-hybridized carbons (Fsp3) is 0.810. The van der Waals surface area contributed by atoms with Crippen LogP contribution in [-0.2, 0) is 26.2 Å². The summed E-state index contributed by atoms with van der Waals surface area (Å²) in [5.74, 6) is 0.712. The number of nitrogens with zero attached hydrogens (tertiary/aromatic N) is 3. The van der Waals surface area contributed by atoms with Crippen LogP contribution in [0.4, 0.5) is 0 Å². The van der Waals surface area contributed by atoms with Gasteiger partial charge in [-0.3, -0.25) is 6.08 Å². The molecule has 0 aliphatic heterocycles. The predicted molar refractivity (Wildman–Crippen MR) is 113 cm³/mol. The molecular weight excluding hydrogens is 385 g/mol. The van der Waals surface area contributed by atoms with Gasteiger partial charge in [-0.15, -0.1) is 6.42 Å². The molecule has 146 valence electrons. The third kappa shape index (κ3) is 32.4. The van der Waals surface area contributed by atoms with Crippen molar-refractivity contribution in [2.75, 3.05) is 39.3 Å². The molecule has 3 nitrogen and oxygen atoms in total. The Bertz CT molecular complexity index is 246. The summed E-state index contributed by atoms with van der Waals surface area (Å²) in [6.07, 6.45) is 9.93. The standard InChI is InChI=1S/C9H13.3C4H10N.Zr/c1-3-8(2)9-6-4-5-7-9;3*1-3-5-4-2;/h4,6,8H,3,5H2,1-2H3;3*3-4H2,1-2H3;/q4*-1;+4. The zero-order valence-electron chi connectivity index (χ0n) is 18.2.